The molecule has 1 rings (SSSR count). The maximum atomic E-state index is 4.32. The first-order chi connectivity index (χ1) is 6.59. The maximum absolute atomic E-state index is 4.32. The second-order valence-corrected chi connectivity index (χ2v) is 4.11. The molecule has 0 fully saturated rings. The molecule has 1 N–H and O–H groups in total. The molecular weight excluding hydrogens is 174 g/mol. The van der Waals surface area contributed by atoms with E-state index in [0.29, 0.717) is 6.04 Å². The van der Waals surface area contributed by atoms with Gasteiger partial charge in [-0.1, -0.05) is 13.8 Å². The highest BCUT2D eigenvalue weighted by atomic mass is 15.3. The third-order valence-electron chi connectivity index (χ3n) is 2.26. The van der Waals surface area contributed by atoms with Crippen molar-refractivity contribution in [2.45, 2.75) is 39.7 Å². The molecule has 1 heterocycles. The minimum atomic E-state index is 0.586. The van der Waals surface area contributed by atoms with Crippen molar-refractivity contribution in [3.63, 3.8) is 0 Å². The molecule has 0 spiro atoms. The molecule has 80 valence electrons. The Bertz CT molecular complexity index is 276. The van der Waals surface area contributed by atoms with E-state index in [4.69, 9.17) is 0 Å². The average molecular weight is 195 g/mol. The van der Waals surface area contributed by atoms with Crippen LogP contribution in [0.3, 0.4) is 0 Å². The summed E-state index contributed by atoms with van der Waals surface area (Å²) in [4.78, 5) is 0. The number of hydrogen-bond acceptors (Lipinski definition) is 2. The first kappa shape index (κ1) is 11.2. The summed E-state index contributed by atoms with van der Waals surface area (Å²) in [5.74, 6) is 0. The molecule has 0 bridgehead atoms. The number of aryl methyl sites for hydroxylation is 3. The molecule has 14 heavy (non-hydrogen) atoms. The summed E-state index contributed by atoms with van der Waals surface area (Å²) < 4.78 is 1.98. The standard InChI is InChI=1S/C11H21N3/c1-9(2)12-7-5-6-11-8-10(3)13-14(11)4/h8-9,12H,5-7H2,1-4H3. The van der Waals surface area contributed by atoms with Gasteiger partial charge in [-0.25, -0.2) is 0 Å². The van der Waals surface area contributed by atoms with E-state index in [1.54, 1.807) is 0 Å². The zero-order valence-corrected chi connectivity index (χ0v) is 9.67. The SMILES string of the molecule is Cc1cc(CCCNC(C)C)n(C)n1. The van der Waals surface area contributed by atoms with Crippen molar-refractivity contribution in [1.29, 1.82) is 0 Å². The molecule has 0 saturated heterocycles. The molecule has 0 aliphatic carbocycles. The normalized spacial score (nSPS) is 11.2. The molecular formula is C11H21N3. The lowest BCUT2D eigenvalue weighted by atomic mass is 10.2. The molecule has 0 unspecified atom stereocenters. The summed E-state index contributed by atoms with van der Waals surface area (Å²) in [5.41, 5.74) is 2.44. The summed E-state index contributed by atoms with van der Waals surface area (Å²) in [7, 11) is 2.01. The Kier molecular flexibility index (Phi) is 4.14. The van der Waals surface area contributed by atoms with E-state index in [0.717, 1.165) is 18.7 Å². The highest BCUT2D eigenvalue weighted by Gasteiger charge is 2.01. The Morgan fingerprint density at radius 1 is 1.50 bits per heavy atom. The molecule has 0 aliphatic heterocycles. The van der Waals surface area contributed by atoms with Gasteiger partial charge in [-0.15, -0.1) is 0 Å². The predicted octanol–water partition coefficient (Wildman–Crippen LogP) is 1.66. The zero-order valence-electron chi connectivity index (χ0n) is 9.67. The van der Waals surface area contributed by atoms with Crippen molar-refractivity contribution in [2.24, 2.45) is 7.05 Å². The lowest BCUT2D eigenvalue weighted by Crippen LogP contribution is -2.24. The summed E-state index contributed by atoms with van der Waals surface area (Å²) in [5, 5.41) is 7.73. The van der Waals surface area contributed by atoms with Gasteiger partial charge in [0.1, 0.15) is 0 Å². The third kappa shape index (κ3) is 3.50. The van der Waals surface area contributed by atoms with Crippen molar-refractivity contribution < 1.29 is 0 Å². The maximum Gasteiger partial charge on any atom is 0.0596 e. The number of nitrogens with one attached hydrogen (secondary N) is 1. The van der Waals surface area contributed by atoms with Gasteiger partial charge in [0.05, 0.1) is 5.69 Å². The highest BCUT2D eigenvalue weighted by molar-refractivity contribution is 5.08. The van der Waals surface area contributed by atoms with Crippen LogP contribution >= 0.6 is 0 Å². The lowest BCUT2D eigenvalue weighted by molar-refractivity contribution is 0.561. The molecule has 0 amide bonds. The Labute approximate surface area is 86.5 Å². The first-order valence-electron chi connectivity index (χ1n) is 5.32. The molecule has 0 radical (unpaired) electrons. The van der Waals surface area contributed by atoms with Gasteiger partial charge in [-0.3, -0.25) is 4.68 Å². The number of nitrogens with zero attached hydrogens (tertiary/aromatic N) is 2. The van der Waals surface area contributed by atoms with Crippen LogP contribution in [0.1, 0.15) is 31.7 Å². The summed E-state index contributed by atoms with van der Waals surface area (Å²) in [6, 6.07) is 2.75. The van der Waals surface area contributed by atoms with E-state index >= 15 is 0 Å². The Morgan fingerprint density at radius 3 is 2.71 bits per heavy atom. The molecule has 0 aliphatic rings. The molecule has 0 aromatic carbocycles. The van der Waals surface area contributed by atoms with Crippen LogP contribution in [-0.4, -0.2) is 22.4 Å². The van der Waals surface area contributed by atoms with Crippen molar-refractivity contribution in [3.05, 3.63) is 17.5 Å². The van der Waals surface area contributed by atoms with Crippen LogP contribution in [0.25, 0.3) is 0 Å². The van der Waals surface area contributed by atoms with E-state index in [1.165, 1.54) is 12.1 Å². The Balaban J connectivity index is 2.28. The van der Waals surface area contributed by atoms with Crippen LogP contribution in [0.15, 0.2) is 6.07 Å². The average Bonchev–Trinajstić information content (AvgIpc) is 2.39. The van der Waals surface area contributed by atoms with Crippen LogP contribution in [0.2, 0.25) is 0 Å². The van der Waals surface area contributed by atoms with E-state index in [-0.39, 0.29) is 0 Å². The topological polar surface area (TPSA) is 29.9 Å². The van der Waals surface area contributed by atoms with Gasteiger partial charge in [0.25, 0.3) is 0 Å². The van der Waals surface area contributed by atoms with Gasteiger partial charge in [-0.05, 0) is 32.4 Å². The van der Waals surface area contributed by atoms with Crippen LogP contribution in [0.4, 0.5) is 0 Å². The smallest absolute Gasteiger partial charge is 0.0596 e. The lowest BCUT2D eigenvalue weighted by Gasteiger charge is -2.07. The largest absolute Gasteiger partial charge is 0.315 e. The van der Waals surface area contributed by atoms with Crippen LogP contribution in [-0.2, 0) is 13.5 Å². The van der Waals surface area contributed by atoms with Crippen LogP contribution < -0.4 is 5.32 Å². The van der Waals surface area contributed by atoms with Crippen LogP contribution in [0, 0.1) is 6.92 Å². The molecule has 0 atom stereocenters. The van der Waals surface area contributed by atoms with Crippen LogP contribution in [0.5, 0.6) is 0 Å². The fourth-order valence-electron chi connectivity index (χ4n) is 1.56. The second kappa shape index (κ2) is 5.15. The number of aromatic nitrogens is 2. The number of hydrogen-bond donors (Lipinski definition) is 1. The van der Waals surface area contributed by atoms with Gasteiger partial charge >= 0.3 is 0 Å². The third-order valence-corrected chi connectivity index (χ3v) is 2.26. The second-order valence-electron chi connectivity index (χ2n) is 4.11. The van der Waals surface area contributed by atoms with E-state index < -0.39 is 0 Å². The Hall–Kier alpha value is -0.830. The highest BCUT2D eigenvalue weighted by Crippen LogP contribution is 2.04. The van der Waals surface area contributed by atoms with Gasteiger partial charge in [0.2, 0.25) is 0 Å². The van der Waals surface area contributed by atoms with Crippen molar-refractivity contribution in [1.82, 2.24) is 15.1 Å². The summed E-state index contributed by atoms with van der Waals surface area (Å²) in [6.07, 6.45) is 2.29. The molecule has 3 nitrogen and oxygen atoms in total. The quantitative estimate of drug-likeness (QED) is 0.724. The minimum Gasteiger partial charge on any atom is -0.315 e. The van der Waals surface area contributed by atoms with E-state index in [9.17, 15) is 0 Å². The van der Waals surface area contributed by atoms with Crippen molar-refractivity contribution in [2.75, 3.05) is 6.54 Å². The van der Waals surface area contributed by atoms with Gasteiger partial charge in [-0.2, -0.15) is 5.10 Å². The Morgan fingerprint density at radius 2 is 2.21 bits per heavy atom. The minimum absolute atomic E-state index is 0.586. The van der Waals surface area contributed by atoms with Crippen molar-refractivity contribution >= 4 is 0 Å². The van der Waals surface area contributed by atoms with Crippen molar-refractivity contribution in [3.8, 4) is 0 Å². The van der Waals surface area contributed by atoms with E-state index in [1.807, 2.05) is 18.7 Å². The van der Waals surface area contributed by atoms with Gasteiger partial charge in [0, 0.05) is 18.8 Å². The molecule has 1 aromatic heterocycles. The van der Waals surface area contributed by atoms with E-state index in [2.05, 4.69) is 30.3 Å². The fourth-order valence-corrected chi connectivity index (χ4v) is 1.56. The molecule has 1 aromatic rings. The molecule has 0 saturated carbocycles. The number of rotatable bonds is 5. The summed E-state index contributed by atoms with van der Waals surface area (Å²) >= 11 is 0. The monoisotopic (exact) mass is 195 g/mol. The predicted molar refractivity (Wildman–Crippen MR) is 59.4 cm³/mol. The zero-order chi connectivity index (χ0) is 10.6. The fraction of sp³-hybridized carbons (Fsp3) is 0.727. The first-order valence-corrected chi connectivity index (χ1v) is 5.32. The summed E-state index contributed by atoms with van der Waals surface area (Å²) in [6.45, 7) is 7.47. The molecule has 3 heteroatoms. The van der Waals surface area contributed by atoms with Gasteiger partial charge in [0.15, 0.2) is 0 Å². The van der Waals surface area contributed by atoms with Gasteiger partial charge < -0.3 is 5.32 Å².